The van der Waals surface area contributed by atoms with Crippen molar-refractivity contribution in [3.8, 4) is 11.5 Å². The second-order valence-corrected chi connectivity index (χ2v) is 4.14. The molecule has 0 aliphatic heterocycles. The van der Waals surface area contributed by atoms with Gasteiger partial charge in [-0.1, -0.05) is 6.07 Å². The van der Waals surface area contributed by atoms with Crippen molar-refractivity contribution in [1.82, 2.24) is 4.98 Å². The molecule has 0 saturated carbocycles. The number of benzene rings is 2. The zero-order valence-electron chi connectivity index (χ0n) is 10.0. The number of pyridine rings is 1. The zero-order valence-corrected chi connectivity index (χ0v) is 10.0. The molecule has 0 spiro atoms. The molecule has 0 unspecified atom stereocenters. The van der Waals surface area contributed by atoms with Crippen molar-refractivity contribution < 1.29 is 9.13 Å². The Morgan fingerprint density at radius 2 is 1.95 bits per heavy atom. The van der Waals surface area contributed by atoms with Crippen LogP contribution in [0.3, 0.4) is 0 Å². The molecule has 0 bridgehead atoms. The van der Waals surface area contributed by atoms with Gasteiger partial charge in [-0.15, -0.1) is 0 Å². The van der Waals surface area contributed by atoms with Crippen molar-refractivity contribution in [2.75, 3.05) is 5.73 Å². The van der Waals surface area contributed by atoms with Gasteiger partial charge in [0.2, 0.25) is 0 Å². The summed E-state index contributed by atoms with van der Waals surface area (Å²) < 4.78 is 18.7. The van der Waals surface area contributed by atoms with Gasteiger partial charge in [-0.3, -0.25) is 4.98 Å². The smallest absolute Gasteiger partial charge is 0.153 e. The summed E-state index contributed by atoms with van der Waals surface area (Å²) in [6.45, 7) is 0. The van der Waals surface area contributed by atoms with E-state index in [2.05, 4.69) is 4.98 Å². The maximum absolute atomic E-state index is 13.2. The van der Waals surface area contributed by atoms with Crippen LogP contribution in [0.5, 0.6) is 11.5 Å². The van der Waals surface area contributed by atoms with Crippen LogP contribution in [0.1, 0.15) is 0 Å². The number of halogens is 1. The Hall–Kier alpha value is -2.62. The fourth-order valence-corrected chi connectivity index (χ4v) is 1.83. The third-order valence-corrected chi connectivity index (χ3v) is 2.78. The molecular formula is C15H11FN2O. The summed E-state index contributed by atoms with van der Waals surface area (Å²) in [5, 5.41) is 1.02. The van der Waals surface area contributed by atoms with E-state index in [1.165, 1.54) is 18.2 Å². The Labute approximate surface area is 109 Å². The molecule has 3 rings (SSSR count). The van der Waals surface area contributed by atoms with Crippen LogP contribution >= 0.6 is 0 Å². The normalized spacial score (nSPS) is 10.6. The van der Waals surface area contributed by atoms with E-state index in [1.54, 1.807) is 18.3 Å². The summed E-state index contributed by atoms with van der Waals surface area (Å²) in [6, 6.07) is 13.4. The fraction of sp³-hybridized carbons (Fsp3) is 0. The van der Waals surface area contributed by atoms with E-state index in [1.807, 2.05) is 18.2 Å². The number of nitrogens with two attached hydrogens (primary N) is 1. The molecule has 1 aromatic heterocycles. The summed E-state index contributed by atoms with van der Waals surface area (Å²) in [6.07, 6.45) is 1.71. The predicted octanol–water partition coefficient (Wildman–Crippen LogP) is 3.75. The molecule has 2 N–H and O–H groups in total. The molecule has 0 atom stereocenters. The third-order valence-electron chi connectivity index (χ3n) is 2.78. The van der Waals surface area contributed by atoms with E-state index in [9.17, 15) is 4.39 Å². The van der Waals surface area contributed by atoms with Crippen molar-refractivity contribution >= 4 is 16.6 Å². The molecule has 4 heteroatoms. The fourth-order valence-electron chi connectivity index (χ4n) is 1.83. The highest BCUT2D eigenvalue weighted by Crippen LogP contribution is 2.29. The summed E-state index contributed by atoms with van der Waals surface area (Å²) in [7, 11) is 0. The van der Waals surface area contributed by atoms with E-state index < -0.39 is 0 Å². The van der Waals surface area contributed by atoms with Crippen molar-refractivity contribution in [2.45, 2.75) is 0 Å². The lowest BCUT2D eigenvalue weighted by atomic mass is 10.2. The molecule has 0 fully saturated rings. The van der Waals surface area contributed by atoms with Crippen molar-refractivity contribution in [2.24, 2.45) is 0 Å². The molecule has 94 valence electrons. The molecule has 0 aliphatic rings. The van der Waals surface area contributed by atoms with E-state index in [0.29, 0.717) is 17.2 Å². The van der Waals surface area contributed by atoms with Crippen molar-refractivity contribution in [3.05, 3.63) is 60.5 Å². The van der Waals surface area contributed by atoms with Gasteiger partial charge in [-0.25, -0.2) is 4.39 Å². The van der Waals surface area contributed by atoms with Gasteiger partial charge in [-0.2, -0.15) is 0 Å². The minimum Gasteiger partial charge on any atom is -0.455 e. The Bertz CT molecular complexity index is 743. The average molecular weight is 254 g/mol. The zero-order chi connectivity index (χ0) is 13.2. The van der Waals surface area contributed by atoms with Gasteiger partial charge in [0.1, 0.15) is 11.6 Å². The summed E-state index contributed by atoms with van der Waals surface area (Å²) >= 11 is 0. The van der Waals surface area contributed by atoms with Crippen molar-refractivity contribution in [3.63, 3.8) is 0 Å². The average Bonchev–Trinajstić information content (AvgIpc) is 2.43. The van der Waals surface area contributed by atoms with Gasteiger partial charge in [0.05, 0.1) is 11.2 Å². The topological polar surface area (TPSA) is 48.1 Å². The second kappa shape index (κ2) is 4.57. The molecule has 1 heterocycles. The number of nitrogen functional groups attached to an aromatic ring is 1. The van der Waals surface area contributed by atoms with Crippen LogP contribution in [0, 0.1) is 5.82 Å². The number of hydrogen-bond acceptors (Lipinski definition) is 3. The lowest BCUT2D eigenvalue weighted by Crippen LogP contribution is -1.93. The molecule has 3 nitrogen and oxygen atoms in total. The van der Waals surface area contributed by atoms with Crippen molar-refractivity contribution in [1.29, 1.82) is 0 Å². The first kappa shape index (κ1) is 11.5. The number of fused-ring (bicyclic) bond motifs is 1. The third kappa shape index (κ3) is 2.33. The second-order valence-electron chi connectivity index (χ2n) is 4.14. The number of aromatic nitrogens is 1. The Balaban J connectivity index is 1.98. The number of hydrogen-bond donors (Lipinski definition) is 1. The van der Waals surface area contributed by atoms with Gasteiger partial charge in [0.25, 0.3) is 0 Å². The van der Waals surface area contributed by atoms with Crippen LogP contribution in [0.15, 0.2) is 54.7 Å². The summed E-state index contributed by atoms with van der Waals surface area (Å²) in [5.41, 5.74) is 6.95. The van der Waals surface area contributed by atoms with Gasteiger partial charge < -0.3 is 10.5 Å². The summed E-state index contributed by atoms with van der Waals surface area (Å²) in [4.78, 5) is 4.24. The van der Waals surface area contributed by atoms with Gasteiger partial charge >= 0.3 is 0 Å². The standard InChI is InChI=1S/C15H11FN2O/c16-11-4-6-13(17)15(8-11)19-12-5-3-10-2-1-7-18-14(10)9-12/h1-9H,17H2. The molecule has 0 aliphatic carbocycles. The highest BCUT2D eigenvalue weighted by Gasteiger charge is 2.05. The quantitative estimate of drug-likeness (QED) is 0.708. The minimum atomic E-state index is -0.386. The van der Waals surface area contributed by atoms with Crippen LogP contribution in [0.2, 0.25) is 0 Å². The molecule has 0 radical (unpaired) electrons. The first-order valence-corrected chi connectivity index (χ1v) is 5.80. The molecule has 0 saturated heterocycles. The van der Waals surface area contributed by atoms with E-state index in [-0.39, 0.29) is 5.82 Å². The lowest BCUT2D eigenvalue weighted by molar-refractivity contribution is 0.480. The SMILES string of the molecule is Nc1ccc(F)cc1Oc1ccc2cccnc2c1. The van der Waals surface area contributed by atoms with E-state index in [4.69, 9.17) is 10.5 Å². The highest BCUT2D eigenvalue weighted by atomic mass is 19.1. The largest absolute Gasteiger partial charge is 0.455 e. The Kier molecular flexibility index (Phi) is 2.76. The lowest BCUT2D eigenvalue weighted by Gasteiger charge is -2.09. The van der Waals surface area contributed by atoms with Crippen LogP contribution in [0.25, 0.3) is 10.9 Å². The number of rotatable bonds is 2. The molecule has 2 aromatic carbocycles. The van der Waals surface area contributed by atoms with Crippen LogP contribution in [-0.2, 0) is 0 Å². The van der Waals surface area contributed by atoms with Crippen LogP contribution in [-0.4, -0.2) is 4.98 Å². The first-order valence-electron chi connectivity index (χ1n) is 5.80. The maximum Gasteiger partial charge on any atom is 0.153 e. The van der Waals surface area contributed by atoms with Gasteiger partial charge in [0, 0.05) is 23.7 Å². The maximum atomic E-state index is 13.2. The van der Waals surface area contributed by atoms with Crippen LogP contribution in [0.4, 0.5) is 10.1 Å². The minimum absolute atomic E-state index is 0.301. The molecular weight excluding hydrogens is 243 g/mol. The first-order chi connectivity index (χ1) is 9.22. The molecule has 3 aromatic rings. The van der Waals surface area contributed by atoms with E-state index in [0.717, 1.165) is 10.9 Å². The Morgan fingerprint density at radius 3 is 2.84 bits per heavy atom. The Morgan fingerprint density at radius 1 is 1.05 bits per heavy atom. The van der Waals surface area contributed by atoms with Crippen LogP contribution < -0.4 is 10.5 Å². The number of nitrogens with zero attached hydrogens (tertiary/aromatic N) is 1. The molecule has 19 heavy (non-hydrogen) atoms. The summed E-state index contributed by atoms with van der Waals surface area (Å²) in [5.74, 6) is 0.488. The monoisotopic (exact) mass is 254 g/mol. The molecule has 0 amide bonds. The number of anilines is 1. The highest BCUT2D eigenvalue weighted by molar-refractivity contribution is 5.79. The predicted molar refractivity (Wildman–Crippen MR) is 72.6 cm³/mol. The van der Waals surface area contributed by atoms with E-state index >= 15 is 0 Å². The van der Waals surface area contributed by atoms with Gasteiger partial charge in [-0.05, 0) is 30.3 Å². The van der Waals surface area contributed by atoms with Gasteiger partial charge in [0.15, 0.2) is 5.75 Å². The number of ether oxygens (including phenoxy) is 1.